The van der Waals surface area contributed by atoms with Crippen molar-refractivity contribution >= 4 is 15.9 Å². The topological polar surface area (TPSA) is 66.5 Å². The lowest BCUT2D eigenvalue weighted by Gasteiger charge is -2.28. The molecular weight excluding hydrogens is 348 g/mol. The van der Waals surface area contributed by atoms with Crippen molar-refractivity contribution in [3.05, 3.63) is 29.8 Å². The highest BCUT2D eigenvalue weighted by molar-refractivity contribution is 7.89. The summed E-state index contributed by atoms with van der Waals surface area (Å²) in [5.41, 5.74) is 0.513. The summed E-state index contributed by atoms with van der Waals surface area (Å²) in [5.74, 6) is 2.08. The van der Waals surface area contributed by atoms with Crippen LogP contribution in [0.15, 0.2) is 29.2 Å². The molecule has 3 rings (SSSR count). The molecule has 0 saturated heterocycles. The van der Waals surface area contributed by atoms with Crippen LogP contribution in [-0.2, 0) is 10.0 Å². The van der Waals surface area contributed by atoms with E-state index >= 15 is 0 Å². The fourth-order valence-corrected chi connectivity index (χ4v) is 6.25. The zero-order valence-corrected chi connectivity index (χ0v) is 16.8. The molecule has 2 aliphatic rings. The van der Waals surface area contributed by atoms with E-state index in [1.165, 1.54) is 42.1 Å². The summed E-state index contributed by atoms with van der Waals surface area (Å²) < 4.78 is 26.5. The lowest BCUT2D eigenvalue weighted by Crippen LogP contribution is -2.40. The summed E-state index contributed by atoms with van der Waals surface area (Å²) in [6, 6.07) is 6.45. The standard InChI is InChI=1S/C20H30N2O3S/c1-4-22(5-2)26(24,25)18-10-8-16(9-11-18)20(23)21-14(3)19-13-15-6-7-17(19)12-15/h8-11,14-15,17,19H,4-7,12-13H2,1-3H3,(H,21,23)/t14-,15+,17+,19+/m1/s1. The highest BCUT2D eigenvalue weighted by Crippen LogP contribution is 2.49. The van der Waals surface area contributed by atoms with Crippen molar-refractivity contribution in [2.24, 2.45) is 17.8 Å². The van der Waals surface area contributed by atoms with Crippen LogP contribution in [0.5, 0.6) is 0 Å². The first kappa shape index (κ1) is 19.4. The second kappa shape index (κ2) is 7.69. The number of hydrogen-bond donors (Lipinski definition) is 1. The van der Waals surface area contributed by atoms with Gasteiger partial charge in [-0.1, -0.05) is 20.3 Å². The molecule has 2 aliphatic carbocycles. The minimum Gasteiger partial charge on any atom is -0.349 e. The quantitative estimate of drug-likeness (QED) is 0.792. The molecule has 0 aliphatic heterocycles. The predicted molar refractivity (Wildman–Crippen MR) is 102 cm³/mol. The summed E-state index contributed by atoms with van der Waals surface area (Å²) in [5, 5.41) is 3.13. The number of hydrogen-bond acceptors (Lipinski definition) is 3. The maximum Gasteiger partial charge on any atom is 0.251 e. The lowest BCUT2D eigenvalue weighted by molar-refractivity contribution is 0.0915. The van der Waals surface area contributed by atoms with Crippen LogP contribution in [0.1, 0.15) is 56.8 Å². The molecule has 2 bridgehead atoms. The molecule has 1 aromatic rings. The molecule has 1 N–H and O–H groups in total. The Morgan fingerprint density at radius 1 is 1.15 bits per heavy atom. The van der Waals surface area contributed by atoms with E-state index in [2.05, 4.69) is 12.2 Å². The number of fused-ring (bicyclic) bond motifs is 2. The molecule has 2 fully saturated rings. The third-order valence-corrected chi connectivity index (χ3v) is 8.32. The van der Waals surface area contributed by atoms with Gasteiger partial charge in [0, 0.05) is 24.7 Å². The summed E-state index contributed by atoms with van der Waals surface area (Å²) in [7, 11) is -3.48. The number of sulfonamides is 1. The Morgan fingerprint density at radius 2 is 1.81 bits per heavy atom. The molecule has 5 nitrogen and oxygen atoms in total. The van der Waals surface area contributed by atoms with Gasteiger partial charge in [-0.05, 0) is 68.2 Å². The molecule has 0 aromatic heterocycles. The van der Waals surface area contributed by atoms with E-state index in [1.807, 2.05) is 13.8 Å². The first-order chi connectivity index (χ1) is 12.4. The van der Waals surface area contributed by atoms with Gasteiger partial charge in [0.25, 0.3) is 5.91 Å². The highest BCUT2D eigenvalue weighted by Gasteiger charge is 2.42. The van der Waals surface area contributed by atoms with Gasteiger partial charge in [-0.25, -0.2) is 8.42 Å². The fraction of sp³-hybridized carbons (Fsp3) is 0.650. The fourth-order valence-electron chi connectivity index (χ4n) is 4.79. The van der Waals surface area contributed by atoms with Crippen molar-refractivity contribution in [3.8, 4) is 0 Å². The van der Waals surface area contributed by atoms with Gasteiger partial charge < -0.3 is 5.32 Å². The maximum absolute atomic E-state index is 12.6. The first-order valence-electron chi connectivity index (χ1n) is 9.77. The van der Waals surface area contributed by atoms with Crippen molar-refractivity contribution in [1.29, 1.82) is 0 Å². The largest absolute Gasteiger partial charge is 0.349 e. The number of benzene rings is 1. The Bertz CT molecular complexity index is 741. The van der Waals surface area contributed by atoms with Crippen molar-refractivity contribution in [2.75, 3.05) is 13.1 Å². The average Bonchev–Trinajstić information content (AvgIpc) is 3.26. The molecular formula is C20H30N2O3S. The van der Waals surface area contributed by atoms with E-state index < -0.39 is 10.0 Å². The Kier molecular flexibility index (Phi) is 5.72. The second-order valence-corrected chi connectivity index (χ2v) is 9.65. The number of rotatable bonds is 7. The molecule has 0 heterocycles. The van der Waals surface area contributed by atoms with E-state index in [-0.39, 0.29) is 16.8 Å². The van der Waals surface area contributed by atoms with E-state index in [1.54, 1.807) is 12.1 Å². The number of nitrogens with zero attached hydrogens (tertiary/aromatic N) is 1. The van der Waals surface area contributed by atoms with Gasteiger partial charge in [-0.3, -0.25) is 4.79 Å². The number of amides is 1. The zero-order valence-electron chi connectivity index (χ0n) is 15.9. The Balaban J connectivity index is 1.65. The molecule has 4 atom stereocenters. The van der Waals surface area contributed by atoms with Crippen molar-refractivity contribution in [3.63, 3.8) is 0 Å². The Morgan fingerprint density at radius 3 is 2.31 bits per heavy atom. The minimum atomic E-state index is -3.48. The van der Waals surface area contributed by atoms with E-state index in [9.17, 15) is 13.2 Å². The highest BCUT2D eigenvalue weighted by atomic mass is 32.2. The van der Waals surface area contributed by atoms with E-state index in [0.29, 0.717) is 24.6 Å². The second-order valence-electron chi connectivity index (χ2n) is 7.71. The predicted octanol–water partition coefficient (Wildman–Crippen LogP) is 3.27. The van der Waals surface area contributed by atoms with Crippen LogP contribution in [0.4, 0.5) is 0 Å². The minimum absolute atomic E-state index is 0.118. The van der Waals surface area contributed by atoms with Crippen LogP contribution < -0.4 is 5.32 Å². The van der Waals surface area contributed by atoms with E-state index in [4.69, 9.17) is 0 Å². The van der Waals surface area contributed by atoms with Crippen molar-refractivity contribution in [1.82, 2.24) is 9.62 Å². The summed E-state index contributed by atoms with van der Waals surface area (Å²) in [6.45, 7) is 6.60. The molecule has 6 heteroatoms. The molecule has 26 heavy (non-hydrogen) atoms. The first-order valence-corrected chi connectivity index (χ1v) is 11.2. The zero-order chi connectivity index (χ0) is 18.9. The van der Waals surface area contributed by atoms with Gasteiger partial charge in [-0.2, -0.15) is 4.31 Å². The molecule has 144 valence electrons. The molecule has 2 saturated carbocycles. The third kappa shape index (κ3) is 3.67. The van der Waals surface area contributed by atoms with Gasteiger partial charge in [0.05, 0.1) is 4.90 Å². The molecule has 0 radical (unpaired) electrons. The van der Waals surface area contributed by atoms with Gasteiger partial charge in [-0.15, -0.1) is 0 Å². The van der Waals surface area contributed by atoms with Crippen LogP contribution >= 0.6 is 0 Å². The van der Waals surface area contributed by atoms with Crippen LogP contribution in [0, 0.1) is 17.8 Å². The normalized spacial score (nSPS) is 26.2. The molecule has 0 unspecified atom stereocenters. The third-order valence-electron chi connectivity index (χ3n) is 6.25. The maximum atomic E-state index is 12.6. The van der Waals surface area contributed by atoms with Crippen LogP contribution in [-0.4, -0.2) is 37.8 Å². The van der Waals surface area contributed by atoms with Gasteiger partial charge >= 0.3 is 0 Å². The van der Waals surface area contributed by atoms with Crippen LogP contribution in [0.25, 0.3) is 0 Å². The molecule has 0 spiro atoms. The lowest BCUT2D eigenvalue weighted by atomic mass is 9.84. The molecule has 1 amide bonds. The Hall–Kier alpha value is -1.40. The number of carbonyl (C=O) groups is 1. The van der Waals surface area contributed by atoms with E-state index in [0.717, 1.165) is 11.8 Å². The van der Waals surface area contributed by atoms with Gasteiger partial charge in [0.15, 0.2) is 0 Å². The average molecular weight is 379 g/mol. The summed E-state index contributed by atoms with van der Waals surface area (Å²) in [4.78, 5) is 12.8. The monoisotopic (exact) mass is 378 g/mol. The number of carbonyl (C=O) groups excluding carboxylic acids is 1. The number of nitrogens with one attached hydrogen (secondary N) is 1. The van der Waals surface area contributed by atoms with Crippen molar-refractivity contribution in [2.45, 2.75) is 57.4 Å². The summed E-state index contributed by atoms with van der Waals surface area (Å²) in [6.07, 6.45) is 5.20. The Labute approximate surface area is 157 Å². The summed E-state index contributed by atoms with van der Waals surface area (Å²) >= 11 is 0. The SMILES string of the molecule is CCN(CC)S(=O)(=O)c1ccc(C(=O)N[C@H](C)[C@@H]2C[C@H]3CC[C@H]2C3)cc1. The molecule has 1 aromatic carbocycles. The van der Waals surface area contributed by atoms with Gasteiger partial charge in [0.1, 0.15) is 0 Å². The van der Waals surface area contributed by atoms with Crippen LogP contribution in [0.3, 0.4) is 0 Å². The smallest absolute Gasteiger partial charge is 0.251 e. The van der Waals surface area contributed by atoms with Crippen LogP contribution in [0.2, 0.25) is 0 Å². The van der Waals surface area contributed by atoms with Crippen molar-refractivity contribution < 1.29 is 13.2 Å². The van der Waals surface area contributed by atoms with Gasteiger partial charge in [0.2, 0.25) is 10.0 Å².